The van der Waals surface area contributed by atoms with Gasteiger partial charge in [0.2, 0.25) is 0 Å². The Morgan fingerprint density at radius 3 is 2.62 bits per heavy atom. The number of rotatable bonds is 5. The van der Waals surface area contributed by atoms with Crippen LogP contribution in [0.25, 0.3) is 0 Å². The monoisotopic (exact) mass is 248 g/mol. The molecule has 88 valence electrons. The predicted octanol–water partition coefficient (Wildman–Crippen LogP) is 3.49. The second-order valence-corrected chi connectivity index (χ2v) is 3.69. The number of carbonyl (C=O) groups is 1. The summed E-state index contributed by atoms with van der Waals surface area (Å²) in [6, 6.07) is 3.70. The first-order valence-corrected chi connectivity index (χ1v) is 5.30. The van der Waals surface area contributed by atoms with E-state index in [1.165, 1.54) is 12.1 Å². The lowest BCUT2D eigenvalue weighted by Crippen LogP contribution is -2.04. The fourth-order valence-electron chi connectivity index (χ4n) is 1.40. The number of benzene rings is 1. The molecule has 5 heteroatoms. The maximum Gasteiger partial charge on any atom is 0.335 e. The lowest BCUT2D eigenvalue weighted by molar-refractivity contribution is 0.0695. The molecular formula is C11H11ClF2O2. The minimum Gasteiger partial charge on any atom is -0.478 e. The topological polar surface area (TPSA) is 37.3 Å². The van der Waals surface area contributed by atoms with Crippen LogP contribution in [0.2, 0.25) is 0 Å². The van der Waals surface area contributed by atoms with Crippen LogP contribution in [0.1, 0.15) is 34.3 Å². The molecule has 0 aliphatic heterocycles. The third kappa shape index (κ3) is 3.17. The smallest absolute Gasteiger partial charge is 0.335 e. The summed E-state index contributed by atoms with van der Waals surface area (Å²) in [6.07, 6.45) is -1.55. The Balaban J connectivity index is 3.04. The zero-order chi connectivity index (χ0) is 12.1. The van der Waals surface area contributed by atoms with Gasteiger partial charge in [0.1, 0.15) is 0 Å². The highest BCUT2D eigenvalue weighted by Gasteiger charge is 2.14. The molecule has 1 aromatic rings. The number of aromatic carboxylic acids is 1. The molecule has 0 bridgehead atoms. The number of aryl methyl sites for hydroxylation is 1. The summed E-state index contributed by atoms with van der Waals surface area (Å²) in [5, 5.41) is 8.89. The average Bonchev–Trinajstić information content (AvgIpc) is 2.25. The van der Waals surface area contributed by atoms with E-state index in [0.717, 1.165) is 6.07 Å². The van der Waals surface area contributed by atoms with E-state index in [1.807, 2.05) is 0 Å². The van der Waals surface area contributed by atoms with Crippen LogP contribution >= 0.6 is 11.6 Å². The number of hydrogen-bond donors (Lipinski definition) is 1. The molecule has 16 heavy (non-hydrogen) atoms. The largest absolute Gasteiger partial charge is 0.478 e. The second-order valence-electron chi connectivity index (χ2n) is 3.31. The molecule has 0 saturated heterocycles. The van der Waals surface area contributed by atoms with E-state index in [4.69, 9.17) is 16.7 Å². The quantitative estimate of drug-likeness (QED) is 0.810. The van der Waals surface area contributed by atoms with Gasteiger partial charge in [-0.2, -0.15) is 0 Å². The van der Waals surface area contributed by atoms with Gasteiger partial charge in [-0.3, -0.25) is 0 Å². The summed E-state index contributed by atoms with van der Waals surface area (Å²) in [4.78, 5) is 10.9. The molecule has 1 rings (SSSR count). The fraction of sp³-hybridized carbons (Fsp3) is 0.364. The Hall–Kier alpha value is -1.16. The molecule has 0 aliphatic rings. The van der Waals surface area contributed by atoms with Crippen LogP contribution in [0, 0.1) is 0 Å². The van der Waals surface area contributed by atoms with Gasteiger partial charge in [-0.25, -0.2) is 13.6 Å². The van der Waals surface area contributed by atoms with E-state index in [1.54, 1.807) is 0 Å². The van der Waals surface area contributed by atoms with Gasteiger partial charge in [0.25, 0.3) is 6.43 Å². The van der Waals surface area contributed by atoms with Crippen molar-refractivity contribution in [3.05, 3.63) is 34.9 Å². The third-order valence-electron chi connectivity index (χ3n) is 2.20. The summed E-state index contributed by atoms with van der Waals surface area (Å²) in [7, 11) is 0. The van der Waals surface area contributed by atoms with Gasteiger partial charge < -0.3 is 5.11 Å². The molecule has 0 spiro atoms. The summed E-state index contributed by atoms with van der Waals surface area (Å²) in [5.41, 5.74) is 0.201. The Morgan fingerprint density at radius 2 is 2.12 bits per heavy atom. The number of carboxylic acids is 1. The Morgan fingerprint density at radius 1 is 1.44 bits per heavy atom. The van der Waals surface area contributed by atoms with Crippen molar-refractivity contribution in [1.29, 1.82) is 0 Å². The van der Waals surface area contributed by atoms with E-state index in [-0.39, 0.29) is 11.1 Å². The molecule has 0 radical (unpaired) electrons. The highest BCUT2D eigenvalue weighted by Crippen LogP contribution is 2.22. The Kier molecular flexibility index (Phi) is 4.68. The van der Waals surface area contributed by atoms with Crippen molar-refractivity contribution in [3.63, 3.8) is 0 Å². The Labute approximate surface area is 96.8 Å². The van der Waals surface area contributed by atoms with Crippen LogP contribution in [0.3, 0.4) is 0 Å². The van der Waals surface area contributed by atoms with Gasteiger partial charge in [0.05, 0.1) is 5.56 Å². The summed E-state index contributed by atoms with van der Waals surface area (Å²) in [5.74, 6) is -0.776. The molecule has 0 aromatic heterocycles. The van der Waals surface area contributed by atoms with Gasteiger partial charge in [-0.1, -0.05) is 12.1 Å². The van der Waals surface area contributed by atoms with Crippen molar-refractivity contribution in [2.45, 2.75) is 19.3 Å². The lowest BCUT2D eigenvalue weighted by atomic mass is 10.0. The fourth-order valence-corrected chi connectivity index (χ4v) is 1.54. The van der Waals surface area contributed by atoms with Crippen molar-refractivity contribution < 1.29 is 18.7 Å². The van der Waals surface area contributed by atoms with Crippen LogP contribution < -0.4 is 0 Å². The lowest BCUT2D eigenvalue weighted by Gasteiger charge is -2.07. The molecule has 0 amide bonds. The third-order valence-corrected chi connectivity index (χ3v) is 2.46. The molecule has 2 nitrogen and oxygen atoms in total. The number of carboxylic acid groups (broad SMARTS) is 1. The predicted molar refractivity (Wildman–Crippen MR) is 57.4 cm³/mol. The SMILES string of the molecule is O=C(O)c1cc(C(F)F)ccc1CCCCl. The zero-order valence-electron chi connectivity index (χ0n) is 8.42. The van der Waals surface area contributed by atoms with Crippen LogP contribution in [-0.2, 0) is 6.42 Å². The normalized spacial score (nSPS) is 10.8. The number of halogens is 3. The van der Waals surface area contributed by atoms with Crippen LogP contribution in [0.4, 0.5) is 8.78 Å². The van der Waals surface area contributed by atoms with Crippen molar-refractivity contribution in [3.8, 4) is 0 Å². The number of hydrogen-bond acceptors (Lipinski definition) is 1. The maximum absolute atomic E-state index is 12.4. The van der Waals surface area contributed by atoms with Crippen LogP contribution in [0.5, 0.6) is 0 Å². The van der Waals surface area contributed by atoms with Crippen molar-refractivity contribution in [2.24, 2.45) is 0 Å². The molecule has 1 aromatic carbocycles. The van der Waals surface area contributed by atoms with E-state index in [9.17, 15) is 13.6 Å². The minimum atomic E-state index is -2.65. The Bertz CT molecular complexity index is 380. The first-order chi connectivity index (χ1) is 7.56. The number of alkyl halides is 3. The van der Waals surface area contributed by atoms with E-state index in [2.05, 4.69) is 0 Å². The highest BCUT2D eigenvalue weighted by molar-refractivity contribution is 6.17. The first kappa shape index (κ1) is 12.9. The average molecular weight is 249 g/mol. The molecular weight excluding hydrogens is 238 g/mol. The molecule has 1 N–H and O–H groups in total. The molecule has 0 aliphatic carbocycles. The summed E-state index contributed by atoms with van der Waals surface area (Å²) in [6.45, 7) is 0. The van der Waals surface area contributed by atoms with E-state index < -0.39 is 12.4 Å². The van der Waals surface area contributed by atoms with Crippen molar-refractivity contribution >= 4 is 17.6 Å². The highest BCUT2D eigenvalue weighted by atomic mass is 35.5. The van der Waals surface area contributed by atoms with Crippen LogP contribution in [-0.4, -0.2) is 17.0 Å². The summed E-state index contributed by atoms with van der Waals surface area (Å²) >= 11 is 5.50. The molecule has 0 saturated carbocycles. The van der Waals surface area contributed by atoms with Gasteiger partial charge in [0.15, 0.2) is 0 Å². The molecule has 0 fully saturated rings. The second kappa shape index (κ2) is 5.80. The van der Waals surface area contributed by atoms with Crippen molar-refractivity contribution in [2.75, 3.05) is 5.88 Å². The first-order valence-electron chi connectivity index (χ1n) is 4.76. The van der Waals surface area contributed by atoms with Gasteiger partial charge >= 0.3 is 5.97 Å². The summed E-state index contributed by atoms with van der Waals surface area (Å²) < 4.78 is 24.8. The molecule has 0 heterocycles. The van der Waals surface area contributed by atoms with E-state index >= 15 is 0 Å². The van der Waals surface area contributed by atoms with Gasteiger partial charge in [0, 0.05) is 11.4 Å². The van der Waals surface area contributed by atoms with Crippen LogP contribution in [0.15, 0.2) is 18.2 Å². The molecule has 0 unspecified atom stereocenters. The minimum absolute atomic E-state index is 0.0667. The maximum atomic E-state index is 12.4. The van der Waals surface area contributed by atoms with E-state index in [0.29, 0.717) is 24.3 Å². The van der Waals surface area contributed by atoms with Gasteiger partial charge in [-0.05, 0) is 24.5 Å². The van der Waals surface area contributed by atoms with Gasteiger partial charge in [-0.15, -0.1) is 11.6 Å². The standard InChI is InChI=1S/C11H11ClF2O2/c12-5-1-2-7-3-4-8(10(13)14)6-9(7)11(15)16/h3-4,6,10H,1-2,5H2,(H,15,16). The molecule has 0 atom stereocenters. The van der Waals surface area contributed by atoms with Crippen molar-refractivity contribution in [1.82, 2.24) is 0 Å². The zero-order valence-corrected chi connectivity index (χ0v) is 9.18.